The Labute approximate surface area is 193 Å². The fraction of sp³-hybridized carbons (Fsp3) is 0.720. The molecule has 7 nitrogen and oxygen atoms in total. The van der Waals surface area contributed by atoms with Crippen LogP contribution in [0.25, 0.3) is 0 Å². The highest BCUT2D eigenvalue weighted by Gasteiger charge is 2.29. The maximum Gasteiger partial charge on any atom is 0.220 e. The molecule has 1 aromatic carbocycles. The van der Waals surface area contributed by atoms with Gasteiger partial charge in [0.25, 0.3) is 0 Å². The first-order chi connectivity index (χ1) is 15.1. The van der Waals surface area contributed by atoms with E-state index >= 15 is 0 Å². The topological polar surface area (TPSA) is 117 Å². The van der Waals surface area contributed by atoms with Gasteiger partial charge in [0.2, 0.25) is 5.91 Å². The van der Waals surface area contributed by atoms with E-state index in [2.05, 4.69) is 13.8 Å². The highest BCUT2D eigenvalue weighted by molar-refractivity contribution is 5.76. The molecule has 0 aliphatic rings. The molecule has 0 heterocycles. The first-order valence-corrected chi connectivity index (χ1v) is 11.6. The van der Waals surface area contributed by atoms with Gasteiger partial charge in [-0.15, -0.1) is 0 Å². The van der Waals surface area contributed by atoms with E-state index in [0.29, 0.717) is 25.6 Å². The van der Waals surface area contributed by atoms with Gasteiger partial charge in [-0.1, -0.05) is 33.8 Å². The van der Waals surface area contributed by atoms with E-state index in [-0.39, 0.29) is 30.1 Å². The minimum atomic E-state index is -0.781. The van der Waals surface area contributed by atoms with E-state index in [9.17, 15) is 9.90 Å². The van der Waals surface area contributed by atoms with E-state index in [0.717, 1.165) is 29.9 Å². The number of aliphatic hydroxyl groups is 1. The molecule has 0 radical (unpaired) electrons. The monoisotopic (exact) mass is 452 g/mol. The molecule has 4 atom stereocenters. The SMILES string of the molecule is COCCCOc1cc(OC)ccc1CC(CC(N)C(O)C[C@H](C(N)=O)C(C)C)C(C)C. The summed E-state index contributed by atoms with van der Waals surface area (Å²) in [7, 11) is 3.31. The van der Waals surface area contributed by atoms with Crippen LogP contribution >= 0.6 is 0 Å². The number of amides is 1. The molecule has 1 amide bonds. The molecule has 0 aliphatic heterocycles. The number of ether oxygens (including phenoxy) is 3. The van der Waals surface area contributed by atoms with Crippen molar-refractivity contribution in [2.24, 2.45) is 35.1 Å². The number of carbonyl (C=O) groups is 1. The summed E-state index contributed by atoms with van der Waals surface area (Å²) in [6, 6.07) is 5.44. The summed E-state index contributed by atoms with van der Waals surface area (Å²) in [5, 5.41) is 10.7. The van der Waals surface area contributed by atoms with Crippen LogP contribution in [0.5, 0.6) is 11.5 Å². The Morgan fingerprint density at radius 2 is 1.75 bits per heavy atom. The Bertz CT molecular complexity index is 680. The highest BCUT2D eigenvalue weighted by atomic mass is 16.5. The van der Waals surface area contributed by atoms with Crippen LogP contribution in [0, 0.1) is 23.7 Å². The molecule has 7 heteroatoms. The van der Waals surface area contributed by atoms with E-state index in [1.807, 2.05) is 32.0 Å². The molecular weight excluding hydrogens is 408 g/mol. The van der Waals surface area contributed by atoms with Gasteiger partial charge >= 0.3 is 0 Å². The molecule has 3 unspecified atom stereocenters. The molecular formula is C25H44N2O5. The van der Waals surface area contributed by atoms with Crippen molar-refractivity contribution in [1.29, 1.82) is 0 Å². The van der Waals surface area contributed by atoms with Crippen LogP contribution in [0.15, 0.2) is 18.2 Å². The van der Waals surface area contributed by atoms with Crippen LogP contribution in [0.2, 0.25) is 0 Å². The second-order valence-corrected chi connectivity index (χ2v) is 9.33. The zero-order valence-electron chi connectivity index (χ0n) is 20.7. The largest absolute Gasteiger partial charge is 0.497 e. The molecule has 0 aliphatic carbocycles. The van der Waals surface area contributed by atoms with Crippen molar-refractivity contribution in [2.45, 2.75) is 65.5 Å². The fourth-order valence-electron chi connectivity index (χ4n) is 3.88. The summed E-state index contributed by atoms with van der Waals surface area (Å²) < 4.78 is 16.5. The maximum atomic E-state index is 11.7. The zero-order chi connectivity index (χ0) is 24.3. The molecule has 1 aromatic rings. The number of hydrogen-bond donors (Lipinski definition) is 3. The molecule has 32 heavy (non-hydrogen) atoms. The number of primary amides is 1. The first-order valence-electron chi connectivity index (χ1n) is 11.6. The van der Waals surface area contributed by atoms with Crippen molar-refractivity contribution in [3.63, 3.8) is 0 Å². The number of methoxy groups -OCH3 is 2. The van der Waals surface area contributed by atoms with Gasteiger partial charge in [-0.3, -0.25) is 4.79 Å². The summed E-state index contributed by atoms with van der Waals surface area (Å²) in [6.07, 6.45) is 1.71. The average molecular weight is 453 g/mol. The minimum Gasteiger partial charge on any atom is -0.497 e. The predicted molar refractivity (Wildman–Crippen MR) is 128 cm³/mol. The molecule has 5 N–H and O–H groups in total. The van der Waals surface area contributed by atoms with Crippen LogP contribution < -0.4 is 20.9 Å². The van der Waals surface area contributed by atoms with Crippen molar-refractivity contribution >= 4 is 5.91 Å². The molecule has 0 saturated carbocycles. The summed E-state index contributed by atoms with van der Waals surface area (Å²) in [4.78, 5) is 11.7. The smallest absolute Gasteiger partial charge is 0.220 e. The van der Waals surface area contributed by atoms with Gasteiger partial charge in [0, 0.05) is 38.2 Å². The van der Waals surface area contributed by atoms with Gasteiger partial charge in [0.05, 0.1) is 19.8 Å². The summed E-state index contributed by atoms with van der Waals surface area (Å²) >= 11 is 0. The Morgan fingerprint density at radius 1 is 1.06 bits per heavy atom. The minimum absolute atomic E-state index is 0.0624. The van der Waals surface area contributed by atoms with E-state index < -0.39 is 12.1 Å². The van der Waals surface area contributed by atoms with Crippen LogP contribution in [-0.2, 0) is 16.0 Å². The third kappa shape index (κ3) is 9.35. The van der Waals surface area contributed by atoms with Crippen molar-refractivity contribution in [3.05, 3.63) is 23.8 Å². The zero-order valence-corrected chi connectivity index (χ0v) is 20.7. The van der Waals surface area contributed by atoms with Crippen LogP contribution in [0.3, 0.4) is 0 Å². The maximum absolute atomic E-state index is 11.7. The Kier molecular flexibility index (Phi) is 12.6. The standard InChI is InChI=1S/C25H44N2O5/c1-16(2)19(13-22(26)23(28)15-21(17(3)4)25(27)29)12-18-8-9-20(31-6)14-24(18)32-11-7-10-30-5/h8-9,14,16-17,19,21-23,28H,7,10-13,15,26H2,1-6H3,(H2,27,29)/t19?,21-,22?,23?/m0/s1. The second-order valence-electron chi connectivity index (χ2n) is 9.33. The third-order valence-corrected chi connectivity index (χ3v) is 6.18. The fourth-order valence-corrected chi connectivity index (χ4v) is 3.88. The molecule has 0 fully saturated rings. The molecule has 0 spiro atoms. The van der Waals surface area contributed by atoms with Crippen molar-refractivity contribution in [1.82, 2.24) is 0 Å². The molecule has 184 valence electrons. The van der Waals surface area contributed by atoms with Gasteiger partial charge < -0.3 is 30.8 Å². The lowest BCUT2D eigenvalue weighted by atomic mass is 9.80. The van der Waals surface area contributed by atoms with E-state index in [4.69, 9.17) is 25.7 Å². The second kappa shape index (κ2) is 14.3. The Hall–Kier alpha value is -1.83. The quantitative estimate of drug-likeness (QED) is 0.332. The van der Waals surface area contributed by atoms with Crippen LogP contribution in [0.4, 0.5) is 0 Å². The predicted octanol–water partition coefficient (Wildman–Crippen LogP) is 3.15. The number of aliphatic hydroxyl groups excluding tert-OH is 1. The number of rotatable bonds is 16. The van der Waals surface area contributed by atoms with Crippen molar-refractivity contribution in [3.8, 4) is 11.5 Å². The normalized spacial score (nSPS) is 15.4. The highest BCUT2D eigenvalue weighted by Crippen LogP contribution is 2.31. The van der Waals surface area contributed by atoms with E-state index in [1.54, 1.807) is 14.2 Å². The Balaban J connectivity index is 2.90. The molecule has 0 saturated heterocycles. The number of benzene rings is 1. The average Bonchev–Trinajstić information content (AvgIpc) is 2.74. The number of nitrogens with two attached hydrogens (primary N) is 2. The first kappa shape index (κ1) is 28.2. The van der Waals surface area contributed by atoms with E-state index in [1.165, 1.54) is 0 Å². The van der Waals surface area contributed by atoms with Gasteiger partial charge in [-0.25, -0.2) is 0 Å². The Morgan fingerprint density at radius 3 is 2.28 bits per heavy atom. The molecule has 0 bridgehead atoms. The third-order valence-electron chi connectivity index (χ3n) is 6.18. The summed E-state index contributed by atoms with van der Waals surface area (Å²) in [5.74, 6) is 1.42. The van der Waals surface area contributed by atoms with Gasteiger partial charge in [-0.2, -0.15) is 0 Å². The summed E-state index contributed by atoms with van der Waals surface area (Å²) in [6.45, 7) is 9.38. The summed E-state index contributed by atoms with van der Waals surface area (Å²) in [5.41, 5.74) is 13.0. The lowest BCUT2D eigenvalue weighted by Gasteiger charge is -2.29. The van der Waals surface area contributed by atoms with Crippen LogP contribution in [-0.4, -0.2) is 50.6 Å². The van der Waals surface area contributed by atoms with Crippen LogP contribution in [0.1, 0.15) is 52.5 Å². The number of hydrogen-bond acceptors (Lipinski definition) is 6. The molecule has 0 aromatic heterocycles. The lowest BCUT2D eigenvalue weighted by molar-refractivity contribution is -0.124. The van der Waals surface area contributed by atoms with Gasteiger partial charge in [0.1, 0.15) is 11.5 Å². The number of carbonyl (C=O) groups excluding carboxylic acids is 1. The van der Waals surface area contributed by atoms with Gasteiger partial charge in [-0.05, 0) is 48.6 Å². The van der Waals surface area contributed by atoms with Crippen molar-refractivity contribution < 1.29 is 24.1 Å². The van der Waals surface area contributed by atoms with Gasteiger partial charge in [0.15, 0.2) is 0 Å². The lowest BCUT2D eigenvalue weighted by Crippen LogP contribution is -2.41. The van der Waals surface area contributed by atoms with Crippen molar-refractivity contribution in [2.75, 3.05) is 27.4 Å². The molecule has 1 rings (SSSR count).